The Hall–Kier alpha value is -5.78. The van der Waals surface area contributed by atoms with Crippen LogP contribution in [0.4, 0.5) is 13.2 Å². The van der Waals surface area contributed by atoms with Crippen molar-refractivity contribution in [1.82, 2.24) is 24.4 Å². The van der Waals surface area contributed by atoms with Gasteiger partial charge in [-0.1, -0.05) is 55.8 Å². The number of rotatable bonds is 11. The zero-order chi connectivity index (χ0) is 36.5. The van der Waals surface area contributed by atoms with Crippen LogP contribution in [0.3, 0.4) is 0 Å². The number of hydrogen-bond acceptors (Lipinski definition) is 9. The van der Waals surface area contributed by atoms with E-state index in [1.165, 1.54) is 24.3 Å². The van der Waals surface area contributed by atoms with E-state index in [2.05, 4.69) is 10.4 Å². The standard InChI is InChI=1S/C32H30F3N7O7S/c1-19(2)28(39(4)42(46)38-49-18-40-30(44)24-7-5-6-8-25(24)31(40)45)29(43)37-50(47,48)23-15-13-22(14-16-23)41-26(17-27(36-41)32(33,34)35)21-11-9-20(3)10-12-21/h5-17,19,28H,18H2,1-4H3,(H,37,43)/b42-38+/t28-/m0/s1. The number of sulfonamides is 1. The summed E-state index contributed by atoms with van der Waals surface area (Å²) in [5, 5.41) is 20.5. The van der Waals surface area contributed by atoms with Crippen LogP contribution in [-0.2, 0) is 25.8 Å². The fourth-order valence-corrected chi connectivity index (χ4v) is 6.22. The van der Waals surface area contributed by atoms with Crippen LogP contribution in [-0.4, -0.2) is 70.6 Å². The number of benzene rings is 3. The van der Waals surface area contributed by atoms with Gasteiger partial charge in [-0.2, -0.15) is 18.3 Å². The number of imide groups is 1. The number of carbonyl (C=O) groups excluding carboxylic acids is 3. The summed E-state index contributed by atoms with van der Waals surface area (Å²) in [5.41, 5.74) is 0.745. The molecule has 0 saturated carbocycles. The predicted molar refractivity (Wildman–Crippen MR) is 169 cm³/mol. The number of nitrogens with one attached hydrogen (secondary N) is 1. The lowest BCUT2D eigenvalue weighted by Gasteiger charge is -2.25. The first-order valence-electron chi connectivity index (χ1n) is 14.9. The molecule has 1 aliphatic heterocycles. The average Bonchev–Trinajstić information content (AvgIpc) is 3.61. The monoisotopic (exact) mass is 713 g/mol. The first-order valence-corrected chi connectivity index (χ1v) is 16.4. The molecule has 3 aromatic carbocycles. The average molecular weight is 714 g/mol. The first-order chi connectivity index (χ1) is 23.5. The number of aromatic nitrogens is 2. The largest absolute Gasteiger partial charge is 0.569 e. The maximum atomic E-state index is 13.6. The number of aryl methyl sites for hydroxylation is 1. The van der Waals surface area contributed by atoms with Crippen molar-refractivity contribution >= 4 is 27.7 Å². The molecular weight excluding hydrogens is 683 g/mol. The van der Waals surface area contributed by atoms with E-state index in [1.807, 2.05) is 11.6 Å². The van der Waals surface area contributed by atoms with E-state index in [1.54, 1.807) is 50.2 Å². The second-order valence-corrected chi connectivity index (χ2v) is 13.3. The van der Waals surface area contributed by atoms with Crippen molar-refractivity contribution in [2.45, 2.75) is 37.9 Å². The van der Waals surface area contributed by atoms with Crippen molar-refractivity contribution in [2.24, 2.45) is 11.2 Å². The number of fused-ring (bicyclic) bond motifs is 1. The number of nitrogens with zero attached hydrogens (tertiary/aromatic N) is 6. The summed E-state index contributed by atoms with van der Waals surface area (Å²) in [5.74, 6) is -3.05. The highest BCUT2D eigenvalue weighted by molar-refractivity contribution is 7.90. The third-order valence-electron chi connectivity index (χ3n) is 7.74. The molecule has 0 bridgehead atoms. The van der Waals surface area contributed by atoms with Crippen molar-refractivity contribution < 1.29 is 45.8 Å². The highest BCUT2D eigenvalue weighted by Crippen LogP contribution is 2.33. The zero-order valence-electron chi connectivity index (χ0n) is 27.0. The molecule has 3 amide bonds. The topological polar surface area (TPSA) is 169 Å². The minimum absolute atomic E-state index is 0.115. The minimum atomic E-state index is -4.74. The molecule has 4 aromatic rings. The summed E-state index contributed by atoms with van der Waals surface area (Å²) in [7, 11) is -3.40. The second kappa shape index (κ2) is 13.6. The Morgan fingerprint density at radius 1 is 1.02 bits per heavy atom. The highest BCUT2D eigenvalue weighted by atomic mass is 32.2. The van der Waals surface area contributed by atoms with E-state index in [4.69, 9.17) is 4.84 Å². The van der Waals surface area contributed by atoms with Crippen LogP contribution in [0, 0.1) is 18.0 Å². The fraction of sp³-hybridized carbons (Fsp3) is 0.250. The Labute approximate surface area is 283 Å². The van der Waals surface area contributed by atoms with Crippen LogP contribution in [0.5, 0.6) is 0 Å². The molecule has 2 heterocycles. The van der Waals surface area contributed by atoms with Gasteiger partial charge in [0.2, 0.25) is 12.0 Å². The summed E-state index contributed by atoms with van der Waals surface area (Å²) < 4.78 is 70.1. The normalized spacial score (nSPS) is 14.2. The molecule has 0 radical (unpaired) electrons. The number of halogens is 3. The Bertz CT molecular complexity index is 2050. The SMILES string of the molecule is Cc1ccc(-c2cc(C(F)(F)F)nn2-c2ccc(S(=O)(=O)NC(=O)[C@H](C(C)C)N(C)/[N+]([O-])=N\OCN3C(=O)c4ccccc4C3=O)cc2)cc1. The highest BCUT2D eigenvalue weighted by Gasteiger charge is 2.38. The van der Waals surface area contributed by atoms with Crippen molar-refractivity contribution in [3.8, 4) is 16.9 Å². The van der Waals surface area contributed by atoms with Gasteiger partial charge < -0.3 is 10.0 Å². The maximum absolute atomic E-state index is 13.6. The number of amides is 3. The van der Waals surface area contributed by atoms with Crippen LogP contribution in [0.25, 0.3) is 16.9 Å². The summed E-state index contributed by atoms with van der Waals surface area (Å²) >= 11 is 0. The Balaban J connectivity index is 1.29. The van der Waals surface area contributed by atoms with Crippen molar-refractivity contribution in [3.63, 3.8) is 0 Å². The van der Waals surface area contributed by atoms with Gasteiger partial charge in [-0.15, -0.1) is 5.01 Å². The van der Waals surface area contributed by atoms with Gasteiger partial charge in [0.1, 0.15) is 0 Å². The van der Waals surface area contributed by atoms with Crippen LogP contribution < -0.4 is 4.72 Å². The molecule has 0 aliphatic carbocycles. The molecule has 14 nitrogen and oxygen atoms in total. The molecule has 1 aromatic heterocycles. The molecule has 1 N–H and O–H groups in total. The van der Waals surface area contributed by atoms with Gasteiger partial charge in [-0.3, -0.25) is 14.4 Å². The molecule has 18 heteroatoms. The third kappa shape index (κ3) is 7.14. The maximum Gasteiger partial charge on any atom is 0.435 e. The van der Waals surface area contributed by atoms with Gasteiger partial charge >= 0.3 is 6.18 Å². The van der Waals surface area contributed by atoms with E-state index in [0.717, 1.165) is 45.4 Å². The Kier molecular flexibility index (Phi) is 9.67. The molecule has 1 aliphatic rings. The molecule has 0 fully saturated rings. The third-order valence-corrected chi connectivity index (χ3v) is 9.10. The minimum Gasteiger partial charge on any atom is -0.569 e. The molecule has 50 heavy (non-hydrogen) atoms. The summed E-state index contributed by atoms with van der Waals surface area (Å²) in [6.45, 7) is 4.21. The summed E-state index contributed by atoms with van der Waals surface area (Å²) in [4.78, 5) is 43.3. The fourth-order valence-electron chi connectivity index (χ4n) is 5.22. The number of carbonyl (C=O) groups is 3. The van der Waals surface area contributed by atoms with E-state index < -0.39 is 63.2 Å². The van der Waals surface area contributed by atoms with E-state index in [9.17, 15) is 41.2 Å². The Morgan fingerprint density at radius 2 is 1.60 bits per heavy atom. The van der Waals surface area contributed by atoms with Crippen molar-refractivity contribution in [2.75, 3.05) is 13.8 Å². The molecule has 0 unspecified atom stereocenters. The van der Waals surface area contributed by atoms with Crippen LogP contribution in [0.1, 0.15) is 45.8 Å². The van der Waals surface area contributed by atoms with Gasteiger partial charge in [-0.05, 0) is 55.3 Å². The van der Waals surface area contributed by atoms with Gasteiger partial charge in [0.05, 0.1) is 39.4 Å². The molecule has 262 valence electrons. The lowest BCUT2D eigenvalue weighted by Crippen LogP contribution is -2.51. The predicted octanol–water partition coefficient (Wildman–Crippen LogP) is 4.69. The molecular formula is C32H30F3N7O7S. The van der Waals surface area contributed by atoms with E-state index in [0.29, 0.717) is 5.56 Å². The van der Waals surface area contributed by atoms with E-state index in [-0.39, 0.29) is 27.5 Å². The quantitative estimate of drug-likeness (QED) is 0.100. The number of likely N-dealkylation sites (N-methyl/N-ethyl adjacent to an activating group) is 1. The second-order valence-electron chi connectivity index (χ2n) is 11.6. The Morgan fingerprint density at radius 3 is 2.14 bits per heavy atom. The van der Waals surface area contributed by atoms with Gasteiger partial charge in [0.25, 0.3) is 27.7 Å². The molecule has 0 saturated heterocycles. The van der Waals surface area contributed by atoms with Crippen LogP contribution >= 0.6 is 0 Å². The number of hydrazine groups is 1. The van der Waals surface area contributed by atoms with E-state index >= 15 is 0 Å². The van der Waals surface area contributed by atoms with Crippen LogP contribution in [0.2, 0.25) is 0 Å². The summed E-state index contributed by atoms with van der Waals surface area (Å²) in [6, 6.07) is 17.0. The molecule has 0 spiro atoms. The number of hydrogen-bond donors (Lipinski definition) is 1. The molecule has 5 rings (SSSR count). The zero-order valence-corrected chi connectivity index (χ0v) is 27.8. The van der Waals surface area contributed by atoms with Crippen molar-refractivity contribution in [1.29, 1.82) is 0 Å². The van der Waals surface area contributed by atoms with Crippen molar-refractivity contribution in [3.05, 3.63) is 106 Å². The smallest absolute Gasteiger partial charge is 0.435 e. The lowest BCUT2D eigenvalue weighted by molar-refractivity contribution is -0.711. The van der Waals surface area contributed by atoms with Crippen LogP contribution in [0.15, 0.2) is 89.0 Å². The molecule has 1 atom stereocenters. The van der Waals surface area contributed by atoms with Gasteiger partial charge in [-0.25, -0.2) is 22.7 Å². The van der Waals surface area contributed by atoms with Gasteiger partial charge in [0, 0.05) is 5.56 Å². The first kappa shape index (κ1) is 35.5. The number of alkyl halides is 3. The van der Waals surface area contributed by atoms with Gasteiger partial charge in [0.15, 0.2) is 11.7 Å². The summed E-state index contributed by atoms with van der Waals surface area (Å²) in [6.07, 6.45) is -4.74. The lowest BCUT2D eigenvalue weighted by atomic mass is 10.0.